The molecule has 1 unspecified atom stereocenters. The second-order valence-corrected chi connectivity index (χ2v) is 10.6. The Morgan fingerprint density at radius 1 is 1.29 bits per heavy atom. The Hall–Kier alpha value is -2.45. The zero-order valence-corrected chi connectivity index (χ0v) is 19.8. The van der Waals surface area contributed by atoms with Crippen molar-refractivity contribution in [2.24, 2.45) is 0 Å². The number of nitrogens with zero attached hydrogens (tertiary/aromatic N) is 1. The number of aryl methyl sites for hydroxylation is 1. The van der Waals surface area contributed by atoms with Crippen molar-refractivity contribution in [3.8, 4) is 11.5 Å². The first kappa shape index (κ1) is 23.2. The van der Waals surface area contributed by atoms with E-state index < -0.39 is 21.5 Å². The number of fused-ring (bicyclic) bond motifs is 1. The van der Waals surface area contributed by atoms with Gasteiger partial charge in [0.15, 0.2) is 0 Å². The van der Waals surface area contributed by atoms with Crippen LogP contribution in [0.1, 0.15) is 37.4 Å². The van der Waals surface area contributed by atoms with E-state index in [9.17, 15) is 13.2 Å². The molecule has 9 heteroatoms. The monoisotopic (exact) mass is 466 g/mol. The Kier molecular flexibility index (Phi) is 6.43. The molecule has 1 heterocycles. The normalized spacial score (nSPS) is 17.3. The highest BCUT2D eigenvalue weighted by Gasteiger charge is 2.35. The van der Waals surface area contributed by atoms with E-state index in [2.05, 4.69) is 5.32 Å². The molecule has 0 radical (unpaired) electrons. The molecular formula is C22H27ClN2O5S. The number of rotatable bonds is 6. The highest BCUT2D eigenvalue weighted by molar-refractivity contribution is 7.92. The fourth-order valence-electron chi connectivity index (χ4n) is 3.74. The maximum atomic E-state index is 13.0. The number of carbonyl (C=O) groups is 1. The number of hydrogen-bond acceptors (Lipinski definition) is 5. The van der Waals surface area contributed by atoms with Crippen molar-refractivity contribution in [3.05, 3.63) is 52.5 Å². The number of carbonyl (C=O) groups excluding carboxylic acids is 1. The lowest BCUT2D eigenvalue weighted by atomic mass is 9.89. The number of halogens is 1. The molecule has 3 rings (SSSR count). The van der Waals surface area contributed by atoms with Crippen molar-refractivity contribution in [1.29, 1.82) is 0 Å². The molecule has 0 fully saturated rings. The van der Waals surface area contributed by atoms with Gasteiger partial charge in [-0.05, 0) is 62.7 Å². The summed E-state index contributed by atoms with van der Waals surface area (Å²) >= 11 is 6.00. The third kappa shape index (κ3) is 5.43. The second-order valence-electron chi connectivity index (χ2n) is 8.29. The van der Waals surface area contributed by atoms with E-state index in [4.69, 9.17) is 21.1 Å². The highest BCUT2D eigenvalue weighted by Crippen LogP contribution is 2.41. The topological polar surface area (TPSA) is 84.9 Å². The van der Waals surface area contributed by atoms with Crippen LogP contribution in [0.25, 0.3) is 0 Å². The van der Waals surface area contributed by atoms with E-state index in [-0.39, 0.29) is 12.6 Å². The Balaban J connectivity index is 1.88. The number of anilines is 1. The predicted molar refractivity (Wildman–Crippen MR) is 122 cm³/mol. The number of amides is 1. The van der Waals surface area contributed by atoms with Crippen LogP contribution in [-0.4, -0.2) is 39.8 Å². The Labute approximate surface area is 188 Å². The molecule has 0 aliphatic carbocycles. The first-order valence-corrected chi connectivity index (χ1v) is 12.0. The zero-order valence-electron chi connectivity index (χ0n) is 18.2. The fraction of sp³-hybridized carbons (Fsp3) is 0.409. The molecule has 0 spiro atoms. The van der Waals surface area contributed by atoms with Crippen LogP contribution in [0, 0.1) is 6.92 Å². The van der Waals surface area contributed by atoms with Crippen molar-refractivity contribution in [1.82, 2.24) is 5.32 Å². The number of methoxy groups -OCH3 is 1. The van der Waals surface area contributed by atoms with Gasteiger partial charge in [-0.1, -0.05) is 11.6 Å². The largest absolute Gasteiger partial charge is 0.497 e. The molecule has 0 aromatic heterocycles. The number of sulfonamides is 1. The summed E-state index contributed by atoms with van der Waals surface area (Å²) in [6, 6.07) is 9.95. The minimum Gasteiger partial charge on any atom is -0.497 e. The lowest BCUT2D eigenvalue weighted by Crippen LogP contribution is -2.45. The molecule has 31 heavy (non-hydrogen) atoms. The van der Waals surface area contributed by atoms with Crippen LogP contribution in [0.3, 0.4) is 0 Å². The number of ether oxygens (including phenoxy) is 2. The minimum atomic E-state index is -3.70. The van der Waals surface area contributed by atoms with E-state index in [0.29, 0.717) is 34.2 Å². The maximum absolute atomic E-state index is 13.0. The summed E-state index contributed by atoms with van der Waals surface area (Å²) in [5, 5.41) is 3.47. The molecule has 0 bridgehead atoms. The van der Waals surface area contributed by atoms with Crippen LogP contribution in [0.5, 0.6) is 11.5 Å². The smallest absolute Gasteiger partial charge is 0.241 e. The Morgan fingerprint density at radius 3 is 2.61 bits per heavy atom. The standard InChI is InChI=1S/C22H27ClN2O5S/c1-14-10-15(23)6-8-19(14)25(31(5,27)28)13-21(26)24-18-12-22(2,3)30-20-9-7-16(29-4)11-17(18)20/h6-11,18H,12-13H2,1-5H3,(H,24,26). The highest BCUT2D eigenvalue weighted by atomic mass is 35.5. The summed E-state index contributed by atoms with van der Waals surface area (Å²) in [5.41, 5.74) is 1.37. The van der Waals surface area contributed by atoms with Crippen molar-refractivity contribution >= 4 is 33.2 Å². The van der Waals surface area contributed by atoms with E-state index in [1.807, 2.05) is 26.0 Å². The van der Waals surface area contributed by atoms with Crippen LogP contribution in [0.2, 0.25) is 5.02 Å². The minimum absolute atomic E-state index is 0.349. The van der Waals surface area contributed by atoms with E-state index in [1.165, 1.54) is 0 Å². The maximum Gasteiger partial charge on any atom is 0.241 e. The lowest BCUT2D eigenvalue weighted by molar-refractivity contribution is -0.120. The van der Waals surface area contributed by atoms with Gasteiger partial charge in [0.2, 0.25) is 15.9 Å². The quantitative estimate of drug-likeness (QED) is 0.699. The first-order chi connectivity index (χ1) is 14.4. The molecular weight excluding hydrogens is 440 g/mol. The number of hydrogen-bond donors (Lipinski definition) is 1. The molecule has 1 N–H and O–H groups in total. The molecule has 2 aromatic carbocycles. The second kappa shape index (κ2) is 8.59. The average molecular weight is 467 g/mol. The van der Waals surface area contributed by atoms with Crippen molar-refractivity contribution in [3.63, 3.8) is 0 Å². The molecule has 2 aromatic rings. The fourth-order valence-corrected chi connectivity index (χ4v) is 4.88. The third-order valence-corrected chi connectivity index (χ3v) is 6.49. The average Bonchev–Trinajstić information content (AvgIpc) is 2.65. The van der Waals surface area contributed by atoms with Gasteiger partial charge >= 0.3 is 0 Å². The molecule has 1 aliphatic rings. The predicted octanol–water partition coefficient (Wildman–Crippen LogP) is 3.84. The van der Waals surface area contributed by atoms with Gasteiger partial charge in [0.1, 0.15) is 23.6 Å². The molecule has 0 saturated carbocycles. The van der Waals surface area contributed by atoms with E-state index >= 15 is 0 Å². The van der Waals surface area contributed by atoms with Gasteiger partial charge in [-0.3, -0.25) is 9.10 Å². The van der Waals surface area contributed by atoms with E-state index in [1.54, 1.807) is 38.3 Å². The van der Waals surface area contributed by atoms with Gasteiger partial charge in [0.25, 0.3) is 0 Å². The van der Waals surface area contributed by atoms with Crippen LogP contribution >= 0.6 is 11.6 Å². The van der Waals surface area contributed by atoms with E-state index in [0.717, 1.165) is 16.1 Å². The van der Waals surface area contributed by atoms with Gasteiger partial charge in [0, 0.05) is 17.0 Å². The molecule has 1 atom stereocenters. The molecule has 0 saturated heterocycles. The van der Waals surface area contributed by atoms with Gasteiger partial charge in [-0.2, -0.15) is 0 Å². The summed E-state index contributed by atoms with van der Waals surface area (Å²) in [4.78, 5) is 13.0. The summed E-state index contributed by atoms with van der Waals surface area (Å²) in [5.74, 6) is 0.892. The van der Waals surface area contributed by atoms with Gasteiger partial charge in [0.05, 0.1) is 25.1 Å². The summed E-state index contributed by atoms with van der Waals surface area (Å²) in [6.07, 6.45) is 1.60. The first-order valence-electron chi connectivity index (χ1n) is 9.80. The Bertz CT molecular complexity index is 1100. The third-order valence-electron chi connectivity index (χ3n) is 5.12. The number of benzene rings is 2. The van der Waals surface area contributed by atoms with Crippen LogP contribution < -0.4 is 19.1 Å². The van der Waals surface area contributed by atoms with Gasteiger partial charge in [-0.25, -0.2) is 8.42 Å². The van der Waals surface area contributed by atoms with Crippen LogP contribution in [-0.2, 0) is 14.8 Å². The van der Waals surface area contributed by atoms with Crippen molar-refractivity contribution in [2.75, 3.05) is 24.2 Å². The lowest BCUT2D eigenvalue weighted by Gasteiger charge is -2.38. The van der Waals surface area contributed by atoms with Crippen molar-refractivity contribution in [2.45, 2.75) is 38.8 Å². The number of nitrogens with one attached hydrogen (secondary N) is 1. The summed E-state index contributed by atoms with van der Waals surface area (Å²) in [7, 11) is -2.13. The van der Waals surface area contributed by atoms with Gasteiger partial charge in [-0.15, -0.1) is 0 Å². The molecule has 1 amide bonds. The molecule has 1 aliphatic heterocycles. The van der Waals surface area contributed by atoms with Crippen molar-refractivity contribution < 1.29 is 22.7 Å². The Morgan fingerprint density at radius 2 is 2.00 bits per heavy atom. The van der Waals surface area contributed by atoms with Gasteiger partial charge < -0.3 is 14.8 Å². The van der Waals surface area contributed by atoms with Crippen LogP contribution in [0.15, 0.2) is 36.4 Å². The SMILES string of the molecule is COc1ccc2c(c1)C(NC(=O)CN(c1ccc(Cl)cc1C)S(C)(=O)=O)CC(C)(C)O2. The molecule has 168 valence electrons. The molecule has 7 nitrogen and oxygen atoms in total. The van der Waals surface area contributed by atoms with Crippen LogP contribution in [0.4, 0.5) is 5.69 Å². The zero-order chi connectivity index (χ0) is 23.0. The summed E-state index contributed by atoms with van der Waals surface area (Å²) < 4.78 is 37.3. The summed E-state index contributed by atoms with van der Waals surface area (Å²) in [6.45, 7) is 5.29.